The van der Waals surface area contributed by atoms with Gasteiger partial charge in [-0.15, -0.1) is 10.2 Å². The van der Waals surface area contributed by atoms with Crippen LogP contribution in [0.2, 0.25) is 0 Å². The minimum Gasteiger partial charge on any atom is -0.484 e. The third-order valence-corrected chi connectivity index (χ3v) is 4.95. The molecule has 1 atom stereocenters. The number of carbonyl (C=O) groups is 1. The summed E-state index contributed by atoms with van der Waals surface area (Å²) in [5, 5.41) is 11.5. The van der Waals surface area contributed by atoms with Crippen LogP contribution in [0, 0.1) is 0 Å². The molecule has 0 bridgehead atoms. The highest BCUT2D eigenvalue weighted by atomic mass is 79.9. The zero-order valence-electron chi connectivity index (χ0n) is 14.3. The molecule has 6 nitrogen and oxygen atoms in total. The van der Waals surface area contributed by atoms with Gasteiger partial charge in [0.15, 0.2) is 18.1 Å². The first-order valence-electron chi connectivity index (χ1n) is 8.13. The van der Waals surface area contributed by atoms with Gasteiger partial charge in [-0.2, -0.15) is 11.8 Å². The SMILES string of the molecule is CSCCC(NC(=O)COc1ccc(Br)cc1)c1nnc2ccccn12. The quantitative estimate of drug-likeness (QED) is 0.587. The van der Waals surface area contributed by atoms with Crippen molar-refractivity contribution < 1.29 is 9.53 Å². The Morgan fingerprint density at radius 2 is 2.08 bits per heavy atom. The second kappa shape index (κ2) is 9.05. The monoisotopic (exact) mass is 434 g/mol. The minimum absolute atomic E-state index is 0.0475. The number of benzene rings is 1. The molecule has 1 amide bonds. The molecule has 0 radical (unpaired) electrons. The lowest BCUT2D eigenvalue weighted by molar-refractivity contribution is -0.123. The van der Waals surface area contributed by atoms with Crippen LogP contribution in [0.5, 0.6) is 5.75 Å². The Morgan fingerprint density at radius 1 is 1.27 bits per heavy atom. The van der Waals surface area contributed by atoms with Gasteiger partial charge >= 0.3 is 0 Å². The molecular formula is C18H19BrN4O2S. The summed E-state index contributed by atoms with van der Waals surface area (Å²) in [7, 11) is 0. The molecule has 0 spiro atoms. The van der Waals surface area contributed by atoms with E-state index in [0.717, 1.165) is 28.1 Å². The van der Waals surface area contributed by atoms with Crippen molar-refractivity contribution in [2.75, 3.05) is 18.6 Å². The van der Waals surface area contributed by atoms with Crippen molar-refractivity contribution in [2.45, 2.75) is 12.5 Å². The van der Waals surface area contributed by atoms with Crippen LogP contribution in [0.15, 0.2) is 53.1 Å². The predicted molar refractivity (Wildman–Crippen MR) is 107 cm³/mol. The van der Waals surface area contributed by atoms with Crippen LogP contribution in [0.3, 0.4) is 0 Å². The molecule has 8 heteroatoms. The lowest BCUT2D eigenvalue weighted by Crippen LogP contribution is -2.34. The topological polar surface area (TPSA) is 68.5 Å². The summed E-state index contributed by atoms with van der Waals surface area (Å²) in [6.07, 6.45) is 4.71. The number of aromatic nitrogens is 3. The Morgan fingerprint density at radius 3 is 2.85 bits per heavy atom. The molecule has 0 saturated carbocycles. The normalized spacial score (nSPS) is 12.1. The summed E-state index contributed by atoms with van der Waals surface area (Å²) in [6, 6.07) is 12.9. The standard InChI is InChI=1S/C18H19BrN4O2S/c1-26-11-9-15(18-22-21-16-4-2-3-10-23(16)18)20-17(24)12-25-14-7-5-13(19)6-8-14/h2-8,10,15H,9,11-12H2,1H3,(H,20,24). The van der Waals surface area contributed by atoms with Gasteiger partial charge in [0.25, 0.3) is 5.91 Å². The van der Waals surface area contributed by atoms with E-state index in [-0.39, 0.29) is 18.6 Å². The van der Waals surface area contributed by atoms with Crippen LogP contribution in [-0.4, -0.2) is 39.1 Å². The number of halogens is 1. The third-order valence-electron chi connectivity index (χ3n) is 3.78. The van der Waals surface area contributed by atoms with E-state index in [1.54, 1.807) is 11.8 Å². The van der Waals surface area contributed by atoms with Gasteiger partial charge in [-0.25, -0.2) is 0 Å². The average molecular weight is 435 g/mol. The number of ether oxygens (including phenoxy) is 1. The molecule has 0 fully saturated rings. The lowest BCUT2D eigenvalue weighted by atomic mass is 10.2. The second-order valence-electron chi connectivity index (χ2n) is 5.63. The van der Waals surface area contributed by atoms with Crippen molar-refractivity contribution in [3.8, 4) is 5.75 Å². The van der Waals surface area contributed by atoms with E-state index in [4.69, 9.17) is 4.74 Å². The van der Waals surface area contributed by atoms with Crippen LogP contribution >= 0.6 is 27.7 Å². The zero-order valence-corrected chi connectivity index (χ0v) is 16.7. The molecule has 136 valence electrons. The van der Waals surface area contributed by atoms with Gasteiger partial charge < -0.3 is 10.1 Å². The van der Waals surface area contributed by atoms with Crippen molar-refractivity contribution in [1.29, 1.82) is 0 Å². The van der Waals surface area contributed by atoms with Crippen molar-refractivity contribution in [3.05, 3.63) is 59.0 Å². The van der Waals surface area contributed by atoms with E-state index in [2.05, 4.69) is 31.4 Å². The highest BCUT2D eigenvalue weighted by molar-refractivity contribution is 9.10. The van der Waals surface area contributed by atoms with Crippen LogP contribution in [0.25, 0.3) is 5.65 Å². The number of thioether (sulfide) groups is 1. The largest absolute Gasteiger partial charge is 0.484 e. The number of nitrogens with one attached hydrogen (secondary N) is 1. The van der Waals surface area contributed by atoms with E-state index >= 15 is 0 Å². The maximum absolute atomic E-state index is 12.4. The van der Waals surface area contributed by atoms with Gasteiger partial charge in [0, 0.05) is 10.7 Å². The summed E-state index contributed by atoms with van der Waals surface area (Å²) in [4.78, 5) is 12.4. The molecule has 3 rings (SSSR count). The van der Waals surface area contributed by atoms with Gasteiger partial charge in [-0.3, -0.25) is 9.20 Å². The van der Waals surface area contributed by atoms with E-state index < -0.39 is 0 Å². The first kappa shape index (κ1) is 18.7. The summed E-state index contributed by atoms with van der Waals surface area (Å²) in [6.45, 7) is -0.0475. The number of pyridine rings is 1. The van der Waals surface area contributed by atoms with E-state index in [9.17, 15) is 4.79 Å². The van der Waals surface area contributed by atoms with E-state index in [1.165, 1.54) is 0 Å². The smallest absolute Gasteiger partial charge is 0.258 e. The molecule has 1 aromatic carbocycles. The molecule has 2 aromatic heterocycles. The highest BCUT2D eigenvalue weighted by Crippen LogP contribution is 2.19. The highest BCUT2D eigenvalue weighted by Gasteiger charge is 2.20. The minimum atomic E-state index is -0.221. The Bertz CT molecular complexity index is 869. The molecule has 0 aliphatic carbocycles. The van der Waals surface area contributed by atoms with Crippen LogP contribution < -0.4 is 10.1 Å². The number of nitrogens with zero attached hydrogens (tertiary/aromatic N) is 3. The summed E-state index contributed by atoms with van der Waals surface area (Å²) < 4.78 is 8.42. The Hall–Kier alpha value is -2.06. The van der Waals surface area contributed by atoms with Gasteiger partial charge in [-0.1, -0.05) is 22.0 Å². The van der Waals surface area contributed by atoms with Gasteiger partial charge in [0.1, 0.15) is 5.75 Å². The number of hydrogen-bond acceptors (Lipinski definition) is 5. The molecule has 0 saturated heterocycles. The van der Waals surface area contributed by atoms with Crippen molar-refractivity contribution in [3.63, 3.8) is 0 Å². The molecule has 1 unspecified atom stereocenters. The zero-order chi connectivity index (χ0) is 18.4. The first-order chi connectivity index (χ1) is 12.7. The maximum Gasteiger partial charge on any atom is 0.258 e. The molecule has 0 aliphatic heterocycles. The Labute approximate surface area is 164 Å². The molecular weight excluding hydrogens is 416 g/mol. The van der Waals surface area contributed by atoms with E-state index in [1.807, 2.05) is 59.3 Å². The number of hydrogen-bond donors (Lipinski definition) is 1. The van der Waals surface area contributed by atoms with Gasteiger partial charge in [0.05, 0.1) is 6.04 Å². The summed E-state index contributed by atoms with van der Waals surface area (Å²) in [5.74, 6) is 2.09. The maximum atomic E-state index is 12.4. The van der Waals surface area contributed by atoms with Gasteiger partial charge in [0.2, 0.25) is 0 Å². The first-order valence-corrected chi connectivity index (χ1v) is 10.3. The van der Waals surface area contributed by atoms with Crippen molar-refractivity contribution in [1.82, 2.24) is 19.9 Å². The molecule has 3 aromatic rings. The molecule has 1 N–H and O–H groups in total. The predicted octanol–water partition coefficient (Wildman–Crippen LogP) is 3.48. The fourth-order valence-electron chi connectivity index (χ4n) is 2.51. The van der Waals surface area contributed by atoms with Crippen LogP contribution in [0.1, 0.15) is 18.3 Å². The molecule has 26 heavy (non-hydrogen) atoms. The van der Waals surface area contributed by atoms with Gasteiger partial charge in [-0.05, 0) is 54.8 Å². The van der Waals surface area contributed by atoms with Crippen LogP contribution in [-0.2, 0) is 4.79 Å². The van der Waals surface area contributed by atoms with Crippen LogP contribution in [0.4, 0.5) is 0 Å². The molecule has 0 aliphatic rings. The Balaban J connectivity index is 1.67. The lowest BCUT2D eigenvalue weighted by Gasteiger charge is -2.17. The number of carbonyl (C=O) groups excluding carboxylic acids is 1. The molecule has 2 heterocycles. The van der Waals surface area contributed by atoms with Crippen molar-refractivity contribution in [2.24, 2.45) is 0 Å². The fraction of sp³-hybridized carbons (Fsp3) is 0.278. The number of fused-ring (bicyclic) bond motifs is 1. The number of rotatable bonds is 8. The summed E-state index contributed by atoms with van der Waals surface area (Å²) >= 11 is 5.10. The third kappa shape index (κ3) is 4.76. The average Bonchev–Trinajstić information content (AvgIpc) is 3.09. The van der Waals surface area contributed by atoms with Crippen molar-refractivity contribution >= 4 is 39.2 Å². The Kier molecular flexibility index (Phi) is 6.51. The summed E-state index contributed by atoms with van der Waals surface area (Å²) in [5.41, 5.74) is 0.761. The number of amides is 1. The van der Waals surface area contributed by atoms with E-state index in [0.29, 0.717) is 5.75 Å². The fourth-order valence-corrected chi connectivity index (χ4v) is 3.25. The second-order valence-corrected chi connectivity index (χ2v) is 7.53.